The van der Waals surface area contributed by atoms with Crippen molar-refractivity contribution in [2.24, 2.45) is 0 Å². The fraction of sp³-hybridized carbons (Fsp3) is 0.211. The van der Waals surface area contributed by atoms with E-state index < -0.39 is 21.5 Å². The molecule has 0 spiro atoms. The second-order valence-corrected chi connectivity index (χ2v) is 8.67. The van der Waals surface area contributed by atoms with E-state index >= 15 is 0 Å². The van der Waals surface area contributed by atoms with Crippen molar-refractivity contribution in [3.63, 3.8) is 0 Å². The quantitative estimate of drug-likeness (QED) is 0.598. The van der Waals surface area contributed by atoms with Gasteiger partial charge in [0.15, 0.2) is 11.6 Å². The summed E-state index contributed by atoms with van der Waals surface area (Å²) in [6, 6.07) is 7.53. The van der Waals surface area contributed by atoms with Gasteiger partial charge in [-0.05, 0) is 36.4 Å². The van der Waals surface area contributed by atoms with Crippen molar-refractivity contribution in [1.29, 1.82) is 0 Å². The van der Waals surface area contributed by atoms with E-state index in [4.69, 9.17) is 16.3 Å². The Kier molecular flexibility index (Phi) is 4.95. The molecule has 0 unspecified atom stereocenters. The third-order valence-electron chi connectivity index (χ3n) is 4.59. The highest BCUT2D eigenvalue weighted by Gasteiger charge is 2.28. The van der Waals surface area contributed by atoms with Gasteiger partial charge in [-0.25, -0.2) is 17.2 Å². The van der Waals surface area contributed by atoms with Crippen LogP contribution in [-0.4, -0.2) is 39.7 Å². The van der Waals surface area contributed by atoms with Gasteiger partial charge in [0.05, 0.1) is 29.3 Å². The minimum absolute atomic E-state index is 0.0739. The highest BCUT2D eigenvalue weighted by Crippen LogP contribution is 2.37. The molecule has 1 fully saturated rings. The molecule has 0 atom stereocenters. The maximum Gasteiger partial charge on any atom is 0.210 e. The first-order valence-electron chi connectivity index (χ1n) is 8.49. The number of aromatic nitrogens is 1. The van der Waals surface area contributed by atoms with Crippen LogP contribution >= 0.6 is 11.6 Å². The van der Waals surface area contributed by atoms with Gasteiger partial charge in [0.25, 0.3) is 0 Å². The third-order valence-corrected chi connectivity index (χ3v) is 6.57. The van der Waals surface area contributed by atoms with Gasteiger partial charge in [-0.15, -0.1) is 0 Å². The van der Waals surface area contributed by atoms with E-state index in [1.165, 1.54) is 6.20 Å². The number of ether oxygens (including phenoxy) is 1. The second-order valence-electron chi connectivity index (χ2n) is 6.31. The number of nitrogens with zero attached hydrogens (tertiary/aromatic N) is 2. The van der Waals surface area contributed by atoms with Crippen LogP contribution in [0.4, 0.5) is 14.5 Å². The predicted octanol–water partition coefficient (Wildman–Crippen LogP) is 3.84. The average Bonchev–Trinajstić information content (AvgIpc) is 2.69. The fourth-order valence-corrected chi connectivity index (χ4v) is 4.83. The van der Waals surface area contributed by atoms with Crippen molar-refractivity contribution in [2.75, 3.05) is 31.2 Å². The molecule has 1 aromatic heterocycles. The summed E-state index contributed by atoms with van der Waals surface area (Å²) in [5.74, 6) is -2.34. The molecule has 0 bridgehead atoms. The van der Waals surface area contributed by atoms with Crippen LogP contribution in [0.2, 0.25) is 5.02 Å². The van der Waals surface area contributed by atoms with Gasteiger partial charge in [0.1, 0.15) is 4.90 Å². The predicted molar refractivity (Wildman–Crippen MR) is 102 cm³/mol. The van der Waals surface area contributed by atoms with Crippen LogP contribution in [-0.2, 0) is 14.6 Å². The van der Waals surface area contributed by atoms with Crippen molar-refractivity contribution in [2.45, 2.75) is 9.79 Å². The summed E-state index contributed by atoms with van der Waals surface area (Å²) < 4.78 is 58.9. The largest absolute Gasteiger partial charge is 0.378 e. The molecule has 0 saturated carbocycles. The first-order valence-corrected chi connectivity index (χ1v) is 10.3. The summed E-state index contributed by atoms with van der Waals surface area (Å²) in [7, 11) is -4.14. The van der Waals surface area contributed by atoms with E-state index in [0.29, 0.717) is 54.0 Å². The van der Waals surface area contributed by atoms with Crippen LogP contribution < -0.4 is 4.90 Å². The lowest BCUT2D eigenvalue weighted by Crippen LogP contribution is -2.37. The van der Waals surface area contributed by atoms with Crippen LogP contribution in [0, 0.1) is 11.6 Å². The standard InChI is InChI=1S/C19H15ClF2N2O3S/c20-12-1-3-14-17(9-12)23-11-18(19(14)24-5-7-27-8-6-24)28(25,26)13-2-4-15(21)16(22)10-13/h1-4,9-11H,5-8H2. The summed E-state index contributed by atoms with van der Waals surface area (Å²) in [5, 5.41) is 1.08. The number of rotatable bonds is 3. The highest BCUT2D eigenvalue weighted by atomic mass is 35.5. The molecule has 9 heteroatoms. The van der Waals surface area contributed by atoms with Gasteiger partial charge in [-0.2, -0.15) is 0 Å². The van der Waals surface area contributed by atoms with E-state index in [1.54, 1.807) is 18.2 Å². The zero-order valence-corrected chi connectivity index (χ0v) is 16.1. The third kappa shape index (κ3) is 3.32. The Morgan fingerprint density at radius 2 is 1.79 bits per heavy atom. The van der Waals surface area contributed by atoms with Gasteiger partial charge >= 0.3 is 0 Å². The Balaban J connectivity index is 1.97. The molecule has 28 heavy (non-hydrogen) atoms. The van der Waals surface area contributed by atoms with Gasteiger partial charge in [0, 0.05) is 29.7 Å². The first-order chi connectivity index (χ1) is 13.4. The number of halogens is 3. The molecule has 1 aliphatic heterocycles. The molecule has 4 rings (SSSR count). The summed E-state index contributed by atoms with van der Waals surface area (Å²) >= 11 is 6.05. The van der Waals surface area contributed by atoms with Crippen LogP contribution in [0.3, 0.4) is 0 Å². The van der Waals surface area contributed by atoms with Crippen LogP contribution in [0.15, 0.2) is 52.4 Å². The number of benzene rings is 2. The molecule has 0 aliphatic carbocycles. The number of fused-ring (bicyclic) bond motifs is 1. The van der Waals surface area contributed by atoms with Crippen molar-refractivity contribution in [1.82, 2.24) is 4.98 Å². The van der Waals surface area contributed by atoms with Gasteiger partial charge in [-0.1, -0.05) is 11.6 Å². The van der Waals surface area contributed by atoms with E-state index in [9.17, 15) is 17.2 Å². The van der Waals surface area contributed by atoms with E-state index in [2.05, 4.69) is 4.98 Å². The molecule has 0 amide bonds. The summed E-state index contributed by atoms with van der Waals surface area (Å²) in [6.45, 7) is 1.87. The number of hydrogen-bond acceptors (Lipinski definition) is 5. The molecule has 2 heterocycles. The minimum atomic E-state index is -4.14. The minimum Gasteiger partial charge on any atom is -0.378 e. The second kappa shape index (κ2) is 7.27. The molecular weight excluding hydrogens is 410 g/mol. The summed E-state index contributed by atoms with van der Waals surface area (Å²) in [6.07, 6.45) is 1.24. The van der Waals surface area contributed by atoms with E-state index in [0.717, 1.165) is 12.1 Å². The zero-order chi connectivity index (χ0) is 19.9. The van der Waals surface area contributed by atoms with Crippen LogP contribution in [0.25, 0.3) is 10.9 Å². The molecule has 0 radical (unpaired) electrons. The Hall–Kier alpha value is -2.29. The highest BCUT2D eigenvalue weighted by molar-refractivity contribution is 7.91. The van der Waals surface area contributed by atoms with Crippen LogP contribution in [0.1, 0.15) is 0 Å². The molecule has 5 nitrogen and oxygen atoms in total. The zero-order valence-electron chi connectivity index (χ0n) is 14.5. The SMILES string of the molecule is O=S(=O)(c1ccc(F)c(F)c1)c1cnc2cc(Cl)ccc2c1N1CCOCC1. The van der Waals surface area contributed by atoms with Gasteiger partial charge in [0.2, 0.25) is 9.84 Å². The summed E-state index contributed by atoms with van der Waals surface area (Å²) in [4.78, 5) is 5.73. The smallest absolute Gasteiger partial charge is 0.210 e. The van der Waals surface area contributed by atoms with Gasteiger partial charge < -0.3 is 9.64 Å². The first kappa shape index (κ1) is 19.0. The molecule has 3 aromatic rings. The maximum atomic E-state index is 13.7. The molecular formula is C19H15ClF2N2O3S. The van der Waals surface area contributed by atoms with Crippen LogP contribution in [0.5, 0.6) is 0 Å². The normalized spacial score (nSPS) is 15.2. The topological polar surface area (TPSA) is 59.5 Å². The number of morpholine rings is 1. The van der Waals surface area contributed by atoms with Crippen molar-refractivity contribution in [3.05, 3.63) is 59.3 Å². The van der Waals surface area contributed by atoms with Crippen molar-refractivity contribution >= 4 is 38.0 Å². The monoisotopic (exact) mass is 424 g/mol. The van der Waals surface area contributed by atoms with E-state index in [1.807, 2.05) is 4.90 Å². The number of hydrogen-bond donors (Lipinski definition) is 0. The average molecular weight is 425 g/mol. The Labute approximate surface area is 165 Å². The molecule has 1 aliphatic rings. The van der Waals surface area contributed by atoms with E-state index in [-0.39, 0.29) is 9.79 Å². The number of sulfone groups is 1. The maximum absolute atomic E-state index is 13.7. The lowest BCUT2D eigenvalue weighted by Gasteiger charge is -2.31. The Morgan fingerprint density at radius 3 is 2.50 bits per heavy atom. The Bertz CT molecular complexity index is 1170. The fourth-order valence-electron chi connectivity index (χ4n) is 3.21. The van der Waals surface area contributed by atoms with Crippen molar-refractivity contribution < 1.29 is 21.9 Å². The molecule has 146 valence electrons. The molecule has 2 aromatic carbocycles. The number of anilines is 1. The Morgan fingerprint density at radius 1 is 1.04 bits per heavy atom. The molecule has 0 N–H and O–H groups in total. The lowest BCUT2D eigenvalue weighted by molar-refractivity contribution is 0.122. The lowest BCUT2D eigenvalue weighted by atomic mass is 10.1. The van der Waals surface area contributed by atoms with Gasteiger partial charge in [-0.3, -0.25) is 4.98 Å². The van der Waals surface area contributed by atoms with Crippen molar-refractivity contribution in [3.8, 4) is 0 Å². The molecule has 1 saturated heterocycles. The number of pyridine rings is 1. The summed E-state index contributed by atoms with van der Waals surface area (Å²) in [5.41, 5.74) is 0.993.